The predicted molar refractivity (Wildman–Crippen MR) is 75.9 cm³/mol. The summed E-state index contributed by atoms with van der Waals surface area (Å²) in [5.74, 6) is 0.384. The SMILES string of the molecule is CCCNc1ncn(-c2c(C)cccc2C)c(=O)n1. The van der Waals surface area contributed by atoms with Gasteiger partial charge in [0, 0.05) is 6.54 Å². The van der Waals surface area contributed by atoms with Crippen molar-refractivity contribution in [2.75, 3.05) is 11.9 Å². The molecule has 0 radical (unpaired) electrons. The third-order valence-corrected chi connectivity index (χ3v) is 2.92. The Morgan fingerprint density at radius 2 is 1.95 bits per heavy atom. The van der Waals surface area contributed by atoms with Gasteiger partial charge in [0.25, 0.3) is 0 Å². The van der Waals surface area contributed by atoms with Crippen LogP contribution in [0.25, 0.3) is 5.69 Å². The van der Waals surface area contributed by atoms with Crippen molar-refractivity contribution in [1.29, 1.82) is 0 Å². The van der Waals surface area contributed by atoms with Gasteiger partial charge < -0.3 is 5.32 Å². The number of aromatic nitrogens is 3. The van der Waals surface area contributed by atoms with Crippen LogP contribution in [-0.2, 0) is 0 Å². The quantitative estimate of drug-likeness (QED) is 0.912. The summed E-state index contributed by atoms with van der Waals surface area (Å²) in [4.78, 5) is 20.2. The number of hydrogen-bond donors (Lipinski definition) is 1. The molecule has 1 N–H and O–H groups in total. The summed E-state index contributed by atoms with van der Waals surface area (Å²) in [7, 11) is 0. The highest BCUT2D eigenvalue weighted by molar-refractivity contribution is 5.46. The molecule has 0 saturated carbocycles. The fourth-order valence-electron chi connectivity index (χ4n) is 2.00. The highest BCUT2D eigenvalue weighted by Crippen LogP contribution is 2.16. The van der Waals surface area contributed by atoms with Gasteiger partial charge in [0.15, 0.2) is 0 Å². The van der Waals surface area contributed by atoms with Crippen LogP contribution < -0.4 is 11.0 Å². The minimum atomic E-state index is -0.314. The first-order valence-corrected chi connectivity index (χ1v) is 6.39. The second-order valence-electron chi connectivity index (χ2n) is 4.50. The normalized spacial score (nSPS) is 10.5. The van der Waals surface area contributed by atoms with Gasteiger partial charge in [-0.25, -0.2) is 9.78 Å². The average molecular weight is 258 g/mol. The van der Waals surface area contributed by atoms with Crippen LogP contribution in [0.2, 0.25) is 0 Å². The molecule has 1 aromatic heterocycles. The zero-order chi connectivity index (χ0) is 13.8. The van der Waals surface area contributed by atoms with Crippen molar-refractivity contribution in [2.24, 2.45) is 0 Å². The lowest BCUT2D eigenvalue weighted by Crippen LogP contribution is -2.24. The maximum atomic E-state index is 12.1. The lowest BCUT2D eigenvalue weighted by atomic mass is 10.1. The number of nitrogens with one attached hydrogen (secondary N) is 1. The van der Waals surface area contributed by atoms with Crippen molar-refractivity contribution in [1.82, 2.24) is 14.5 Å². The monoisotopic (exact) mass is 258 g/mol. The van der Waals surface area contributed by atoms with Crippen molar-refractivity contribution < 1.29 is 0 Å². The molecule has 2 aromatic rings. The molecule has 100 valence electrons. The van der Waals surface area contributed by atoms with E-state index in [0.717, 1.165) is 29.8 Å². The van der Waals surface area contributed by atoms with Gasteiger partial charge in [-0.3, -0.25) is 4.57 Å². The van der Waals surface area contributed by atoms with Crippen LogP contribution in [0.3, 0.4) is 0 Å². The number of nitrogens with zero attached hydrogens (tertiary/aromatic N) is 3. The van der Waals surface area contributed by atoms with E-state index in [1.54, 1.807) is 0 Å². The largest absolute Gasteiger partial charge is 0.356 e. The van der Waals surface area contributed by atoms with Crippen molar-refractivity contribution in [3.63, 3.8) is 0 Å². The van der Waals surface area contributed by atoms with E-state index in [4.69, 9.17) is 0 Å². The molecule has 0 aliphatic heterocycles. The molecule has 5 heteroatoms. The number of rotatable bonds is 4. The topological polar surface area (TPSA) is 59.8 Å². The number of anilines is 1. The Bertz CT molecular complexity index is 613. The Kier molecular flexibility index (Phi) is 3.94. The molecule has 0 bridgehead atoms. The Labute approximate surface area is 112 Å². The van der Waals surface area contributed by atoms with Gasteiger partial charge in [-0.2, -0.15) is 4.98 Å². The first kappa shape index (κ1) is 13.3. The van der Waals surface area contributed by atoms with E-state index in [-0.39, 0.29) is 5.69 Å². The zero-order valence-corrected chi connectivity index (χ0v) is 11.5. The van der Waals surface area contributed by atoms with Gasteiger partial charge in [0.1, 0.15) is 6.33 Å². The fraction of sp³-hybridized carbons (Fsp3) is 0.357. The van der Waals surface area contributed by atoms with E-state index in [1.807, 2.05) is 39.0 Å². The molecule has 0 aliphatic rings. The maximum Gasteiger partial charge on any atom is 0.356 e. The van der Waals surface area contributed by atoms with E-state index in [0.29, 0.717) is 5.95 Å². The Hall–Kier alpha value is -2.17. The predicted octanol–water partition coefficient (Wildman–Crippen LogP) is 2.07. The molecule has 0 saturated heterocycles. The molecule has 2 rings (SSSR count). The average Bonchev–Trinajstić information content (AvgIpc) is 2.38. The van der Waals surface area contributed by atoms with Crippen LogP contribution in [0.5, 0.6) is 0 Å². The van der Waals surface area contributed by atoms with Crippen molar-refractivity contribution >= 4 is 5.95 Å². The molecule has 0 atom stereocenters. The molecule has 19 heavy (non-hydrogen) atoms. The molecule has 5 nitrogen and oxygen atoms in total. The summed E-state index contributed by atoms with van der Waals surface area (Å²) >= 11 is 0. The number of aryl methyl sites for hydroxylation is 2. The molecule has 1 aromatic carbocycles. The van der Waals surface area contributed by atoms with Crippen LogP contribution in [0.4, 0.5) is 5.95 Å². The van der Waals surface area contributed by atoms with E-state index < -0.39 is 0 Å². The van der Waals surface area contributed by atoms with Gasteiger partial charge in [0.2, 0.25) is 5.95 Å². The highest BCUT2D eigenvalue weighted by Gasteiger charge is 2.08. The number of benzene rings is 1. The summed E-state index contributed by atoms with van der Waals surface area (Å²) in [5, 5.41) is 3.01. The van der Waals surface area contributed by atoms with Crippen LogP contribution in [0.15, 0.2) is 29.3 Å². The third-order valence-electron chi connectivity index (χ3n) is 2.92. The lowest BCUT2D eigenvalue weighted by Gasteiger charge is -2.11. The highest BCUT2D eigenvalue weighted by atomic mass is 16.1. The van der Waals surface area contributed by atoms with Crippen LogP contribution >= 0.6 is 0 Å². The Morgan fingerprint density at radius 1 is 1.26 bits per heavy atom. The smallest absolute Gasteiger partial charge is 0.354 e. The van der Waals surface area contributed by atoms with E-state index in [2.05, 4.69) is 15.3 Å². The van der Waals surface area contributed by atoms with Gasteiger partial charge in [0.05, 0.1) is 5.69 Å². The number of hydrogen-bond acceptors (Lipinski definition) is 4. The maximum absolute atomic E-state index is 12.1. The van der Waals surface area contributed by atoms with Crippen molar-refractivity contribution in [3.05, 3.63) is 46.1 Å². The molecule has 0 fully saturated rings. The summed E-state index contributed by atoms with van der Waals surface area (Å²) in [6, 6.07) is 5.91. The molecular weight excluding hydrogens is 240 g/mol. The Morgan fingerprint density at radius 3 is 2.53 bits per heavy atom. The molecule has 1 heterocycles. The first-order chi connectivity index (χ1) is 9.13. The van der Waals surface area contributed by atoms with Gasteiger partial charge in [-0.05, 0) is 31.4 Å². The van der Waals surface area contributed by atoms with Crippen LogP contribution in [-0.4, -0.2) is 21.1 Å². The van der Waals surface area contributed by atoms with E-state index >= 15 is 0 Å². The van der Waals surface area contributed by atoms with E-state index in [1.165, 1.54) is 10.9 Å². The molecule has 0 aliphatic carbocycles. The first-order valence-electron chi connectivity index (χ1n) is 6.39. The second-order valence-corrected chi connectivity index (χ2v) is 4.50. The van der Waals surface area contributed by atoms with Crippen molar-refractivity contribution in [2.45, 2.75) is 27.2 Å². The molecule has 0 spiro atoms. The standard InChI is InChI=1S/C14H18N4O/c1-4-8-15-13-16-9-18(14(19)17-13)12-10(2)6-5-7-11(12)3/h5-7,9H,4,8H2,1-3H3,(H,15,17,19). The summed E-state index contributed by atoms with van der Waals surface area (Å²) in [6.07, 6.45) is 2.49. The Balaban J connectivity index is 2.44. The van der Waals surface area contributed by atoms with Gasteiger partial charge in [-0.1, -0.05) is 25.1 Å². The third kappa shape index (κ3) is 2.81. The minimum Gasteiger partial charge on any atom is -0.354 e. The zero-order valence-electron chi connectivity index (χ0n) is 11.5. The second kappa shape index (κ2) is 5.65. The number of para-hydroxylation sites is 1. The minimum absolute atomic E-state index is 0.314. The molecular formula is C14H18N4O. The van der Waals surface area contributed by atoms with Crippen LogP contribution in [0, 0.1) is 13.8 Å². The molecule has 0 amide bonds. The lowest BCUT2D eigenvalue weighted by molar-refractivity contribution is 0.838. The molecule has 0 unspecified atom stereocenters. The van der Waals surface area contributed by atoms with Crippen LogP contribution in [0.1, 0.15) is 24.5 Å². The summed E-state index contributed by atoms with van der Waals surface area (Å²) in [6.45, 7) is 6.74. The van der Waals surface area contributed by atoms with E-state index in [9.17, 15) is 4.79 Å². The fourth-order valence-corrected chi connectivity index (χ4v) is 2.00. The summed E-state index contributed by atoms with van der Waals surface area (Å²) in [5.41, 5.74) is 2.60. The van der Waals surface area contributed by atoms with Gasteiger partial charge >= 0.3 is 5.69 Å². The summed E-state index contributed by atoms with van der Waals surface area (Å²) < 4.78 is 1.49. The van der Waals surface area contributed by atoms with Crippen molar-refractivity contribution in [3.8, 4) is 5.69 Å². The van der Waals surface area contributed by atoms with Gasteiger partial charge in [-0.15, -0.1) is 0 Å².